The third-order valence-electron chi connectivity index (χ3n) is 5.07. The van der Waals surface area contributed by atoms with Crippen molar-refractivity contribution in [2.45, 2.75) is 18.2 Å². The lowest BCUT2D eigenvalue weighted by Crippen LogP contribution is -2.26. The van der Waals surface area contributed by atoms with Gasteiger partial charge in [-0.3, -0.25) is 4.79 Å². The Balaban J connectivity index is 1.75. The molecular formula is C25H27ClN2O6S. The van der Waals surface area contributed by atoms with E-state index in [0.717, 1.165) is 5.56 Å². The number of methoxy groups -OCH3 is 2. The van der Waals surface area contributed by atoms with Crippen LogP contribution >= 0.6 is 11.6 Å². The molecule has 0 aromatic heterocycles. The van der Waals surface area contributed by atoms with Crippen LogP contribution in [-0.4, -0.2) is 41.7 Å². The molecule has 0 aliphatic carbocycles. The van der Waals surface area contributed by atoms with Gasteiger partial charge in [-0.25, -0.2) is 13.1 Å². The summed E-state index contributed by atoms with van der Waals surface area (Å²) < 4.78 is 44.5. The third-order valence-corrected chi connectivity index (χ3v) is 6.78. The minimum atomic E-state index is -3.85. The smallest absolute Gasteiger partial charge is 0.255 e. The van der Waals surface area contributed by atoms with Crippen LogP contribution in [-0.2, 0) is 16.4 Å². The third kappa shape index (κ3) is 6.88. The van der Waals surface area contributed by atoms with Crippen LogP contribution in [0.3, 0.4) is 0 Å². The summed E-state index contributed by atoms with van der Waals surface area (Å²) in [6, 6.07) is 16.1. The summed E-state index contributed by atoms with van der Waals surface area (Å²) in [5, 5.41) is 3.23. The largest absolute Gasteiger partial charge is 0.493 e. The lowest BCUT2D eigenvalue weighted by molar-refractivity contribution is 0.102. The molecule has 0 heterocycles. The number of hydrogen-bond acceptors (Lipinski definition) is 6. The number of carbonyl (C=O) groups is 1. The fourth-order valence-corrected chi connectivity index (χ4v) is 4.48. The van der Waals surface area contributed by atoms with E-state index >= 15 is 0 Å². The van der Waals surface area contributed by atoms with Crippen molar-refractivity contribution in [3.63, 3.8) is 0 Å². The Kier molecular flexibility index (Phi) is 8.97. The summed E-state index contributed by atoms with van der Waals surface area (Å²) in [6.45, 7) is 2.31. The number of nitrogens with one attached hydrogen (secondary N) is 2. The van der Waals surface area contributed by atoms with Crippen LogP contribution in [0.15, 0.2) is 65.6 Å². The molecule has 0 saturated carbocycles. The molecule has 0 radical (unpaired) electrons. The van der Waals surface area contributed by atoms with Gasteiger partial charge in [-0.05, 0) is 73.5 Å². The number of benzene rings is 3. The molecule has 186 valence electrons. The first kappa shape index (κ1) is 26.3. The van der Waals surface area contributed by atoms with Crippen LogP contribution in [0.25, 0.3) is 0 Å². The maximum Gasteiger partial charge on any atom is 0.255 e. The van der Waals surface area contributed by atoms with Gasteiger partial charge in [0, 0.05) is 17.1 Å². The summed E-state index contributed by atoms with van der Waals surface area (Å²) in [6.07, 6.45) is 0.441. The molecule has 8 nitrogen and oxygen atoms in total. The van der Waals surface area contributed by atoms with Crippen molar-refractivity contribution in [1.82, 2.24) is 4.72 Å². The highest BCUT2D eigenvalue weighted by Gasteiger charge is 2.18. The highest BCUT2D eigenvalue weighted by atomic mass is 35.5. The monoisotopic (exact) mass is 518 g/mol. The van der Waals surface area contributed by atoms with E-state index in [1.165, 1.54) is 18.2 Å². The second-order valence-electron chi connectivity index (χ2n) is 7.39. The molecule has 10 heteroatoms. The molecule has 0 unspecified atom stereocenters. The van der Waals surface area contributed by atoms with Crippen molar-refractivity contribution in [2.24, 2.45) is 0 Å². The molecule has 0 aliphatic heterocycles. The molecular weight excluding hydrogens is 492 g/mol. The number of anilines is 1. The molecule has 0 fully saturated rings. The van der Waals surface area contributed by atoms with E-state index in [2.05, 4.69) is 10.0 Å². The van der Waals surface area contributed by atoms with E-state index in [0.29, 0.717) is 40.9 Å². The Bertz CT molecular complexity index is 1280. The van der Waals surface area contributed by atoms with Gasteiger partial charge in [0.05, 0.1) is 31.4 Å². The highest BCUT2D eigenvalue weighted by molar-refractivity contribution is 7.89. The summed E-state index contributed by atoms with van der Waals surface area (Å²) in [5.41, 5.74) is 1.50. The molecule has 3 rings (SSSR count). The first-order valence-electron chi connectivity index (χ1n) is 10.8. The first-order valence-corrected chi connectivity index (χ1v) is 12.7. The number of rotatable bonds is 11. The van der Waals surface area contributed by atoms with Gasteiger partial charge >= 0.3 is 0 Å². The van der Waals surface area contributed by atoms with Crippen molar-refractivity contribution in [2.75, 3.05) is 32.7 Å². The Hall–Kier alpha value is -3.27. The minimum Gasteiger partial charge on any atom is -0.493 e. The molecule has 3 aromatic carbocycles. The average molecular weight is 519 g/mol. The topological polar surface area (TPSA) is 103 Å². The zero-order valence-corrected chi connectivity index (χ0v) is 21.2. The molecule has 2 N–H and O–H groups in total. The van der Waals surface area contributed by atoms with Crippen LogP contribution < -0.4 is 24.2 Å². The van der Waals surface area contributed by atoms with E-state index < -0.39 is 15.9 Å². The van der Waals surface area contributed by atoms with Gasteiger partial charge in [-0.2, -0.15) is 0 Å². The van der Waals surface area contributed by atoms with E-state index in [1.54, 1.807) is 57.5 Å². The predicted molar refractivity (Wildman–Crippen MR) is 135 cm³/mol. The fraction of sp³-hybridized carbons (Fsp3) is 0.240. The predicted octanol–water partition coefficient (Wildman–Crippen LogP) is 4.53. The van der Waals surface area contributed by atoms with Gasteiger partial charge in [0.2, 0.25) is 10.0 Å². The van der Waals surface area contributed by atoms with Crippen molar-refractivity contribution in [1.29, 1.82) is 0 Å². The molecule has 1 amide bonds. The average Bonchev–Trinajstić information content (AvgIpc) is 2.85. The van der Waals surface area contributed by atoms with Crippen LogP contribution in [0.5, 0.6) is 17.2 Å². The Labute approximate surface area is 210 Å². The Morgan fingerprint density at radius 3 is 2.26 bits per heavy atom. The van der Waals surface area contributed by atoms with Crippen molar-refractivity contribution >= 4 is 33.2 Å². The Morgan fingerprint density at radius 2 is 1.60 bits per heavy atom. The SMILES string of the molecule is CCOc1ccc(S(=O)(=O)NCCc2ccc(OC)c(OC)c2)cc1NC(=O)c1ccc(Cl)cc1. The second kappa shape index (κ2) is 11.9. The van der Waals surface area contributed by atoms with E-state index in [9.17, 15) is 13.2 Å². The van der Waals surface area contributed by atoms with Gasteiger partial charge in [-0.1, -0.05) is 17.7 Å². The Morgan fingerprint density at radius 1 is 0.914 bits per heavy atom. The molecule has 0 aliphatic rings. The highest BCUT2D eigenvalue weighted by Crippen LogP contribution is 2.29. The van der Waals surface area contributed by atoms with Gasteiger partial charge in [0.1, 0.15) is 5.75 Å². The summed E-state index contributed by atoms with van der Waals surface area (Å²) in [7, 11) is -0.758. The number of carbonyl (C=O) groups excluding carboxylic acids is 1. The summed E-state index contributed by atoms with van der Waals surface area (Å²) in [4.78, 5) is 12.7. The summed E-state index contributed by atoms with van der Waals surface area (Å²) in [5.74, 6) is 1.11. The minimum absolute atomic E-state index is 0.000305. The van der Waals surface area contributed by atoms with Crippen molar-refractivity contribution < 1.29 is 27.4 Å². The maximum absolute atomic E-state index is 12.9. The fourth-order valence-electron chi connectivity index (χ4n) is 3.30. The molecule has 35 heavy (non-hydrogen) atoms. The molecule has 0 saturated heterocycles. The molecule has 0 bridgehead atoms. The molecule has 0 atom stereocenters. The van der Waals surface area contributed by atoms with E-state index in [1.807, 2.05) is 6.07 Å². The van der Waals surface area contributed by atoms with Gasteiger partial charge in [-0.15, -0.1) is 0 Å². The number of ether oxygens (including phenoxy) is 3. The molecule has 0 spiro atoms. The van der Waals surface area contributed by atoms with Crippen LogP contribution in [0.2, 0.25) is 5.02 Å². The quantitative estimate of drug-likeness (QED) is 0.386. The van der Waals surface area contributed by atoms with Crippen LogP contribution in [0.4, 0.5) is 5.69 Å². The van der Waals surface area contributed by atoms with Gasteiger partial charge < -0.3 is 19.5 Å². The van der Waals surface area contributed by atoms with Crippen LogP contribution in [0, 0.1) is 0 Å². The maximum atomic E-state index is 12.9. The van der Waals surface area contributed by atoms with Gasteiger partial charge in [0.15, 0.2) is 11.5 Å². The van der Waals surface area contributed by atoms with E-state index in [4.69, 9.17) is 25.8 Å². The normalized spacial score (nSPS) is 11.1. The first-order chi connectivity index (χ1) is 16.8. The van der Waals surface area contributed by atoms with Crippen molar-refractivity contribution in [3.05, 3.63) is 76.8 Å². The standard InChI is InChI=1S/C25H27ClN2O6S/c1-4-34-22-12-10-20(16-21(22)28-25(29)18-6-8-19(26)9-7-18)35(30,31)27-14-13-17-5-11-23(32-2)24(15-17)33-3/h5-12,15-16,27H,4,13-14H2,1-3H3,(H,28,29). The van der Waals surface area contributed by atoms with Crippen molar-refractivity contribution in [3.8, 4) is 17.2 Å². The number of halogens is 1. The van der Waals surface area contributed by atoms with Crippen LogP contribution in [0.1, 0.15) is 22.8 Å². The lowest BCUT2D eigenvalue weighted by atomic mass is 10.1. The van der Waals surface area contributed by atoms with Gasteiger partial charge in [0.25, 0.3) is 5.91 Å². The second-order valence-corrected chi connectivity index (χ2v) is 9.59. The molecule has 3 aromatic rings. The summed E-state index contributed by atoms with van der Waals surface area (Å²) >= 11 is 5.89. The zero-order chi connectivity index (χ0) is 25.4. The zero-order valence-electron chi connectivity index (χ0n) is 19.6. The number of hydrogen-bond donors (Lipinski definition) is 2. The van der Waals surface area contributed by atoms with E-state index in [-0.39, 0.29) is 17.1 Å². The number of sulfonamides is 1. The lowest BCUT2D eigenvalue weighted by Gasteiger charge is -2.14. The number of amides is 1.